The quantitative estimate of drug-likeness (QED) is 0.658. The van der Waals surface area contributed by atoms with Crippen molar-refractivity contribution in [1.29, 1.82) is 0 Å². The van der Waals surface area contributed by atoms with E-state index in [-0.39, 0.29) is 11.7 Å². The SMILES string of the molecule is CCS(=O)(=O)Nc1cccc(NC(=O)c2cc(-c3ccccc3)cs2)c1. The van der Waals surface area contributed by atoms with Crippen LogP contribution in [0.3, 0.4) is 0 Å². The van der Waals surface area contributed by atoms with E-state index < -0.39 is 10.0 Å². The molecule has 0 saturated heterocycles. The lowest BCUT2D eigenvalue weighted by molar-refractivity contribution is 0.103. The highest BCUT2D eigenvalue weighted by Gasteiger charge is 2.12. The zero-order chi connectivity index (χ0) is 18.6. The number of carbonyl (C=O) groups is 1. The lowest BCUT2D eigenvalue weighted by Gasteiger charge is -2.08. The molecule has 1 heterocycles. The molecule has 0 bridgehead atoms. The van der Waals surface area contributed by atoms with E-state index in [1.165, 1.54) is 11.3 Å². The van der Waals surface area contributed by atoms with Crippen molar-refractivity contribution >= 4 is 38.6 Å². The van der Waals surface area contributed by atoms with Gasteiger partial charge < -0.3 is 5.32 Å². The maximum atomic E-state index is 12.5. The summed E-state index contributed by atoms with van der Waals surface area (Å²) in [7, 11) is -3.36. The van der Waals surface area contributed by atoms with E-state index >= 15 is 0 Å². The Hall–Kier alpha value is -2.64. The van der Waals surface area contributed by atoms with Gasteiger partial charge in [0.1, 0.15) is 0 Å². The Bertz CT molecular complexity index is 1010. The Balaban J connectivity index is 1.74. The van der Waals surface area contributed by atoms with Gasteiger partial charge in [0.15, 0.2) is 0 Å². The molecular formula is C19H18N2O3S2. The largest absolute Gasteiger partial charge is 0.321 e. The summed E-state index contributed by atoms with van der Waals surface area (Å²) in [6.07, 6.45) is 0. The van der Waals surface area contributed by atoms with Crippen molar-refractivity contribution < 1.29 is 13.2 Å². The van der Waals surface area contributed by atoms with E-state index in [0.717, 1.165) is 11.1 Å². The van der Waals surface area contributed by atoms with Gasteiger partial charge >= 0.3 is 0 Å². The number of hydrogen-bond donors (Lipinski definition) is 2. The molecule has 0 atom stereocenters. The van der Waals surface area contributed by atoms with E-state index in [0.29, 0.717) is 16.3 Å². The van der Waals surface area contributed by atoms with Crippen LogP contribution < -0.4 is 10.0 Å². The van der Waals surface area contributed by atoms with E-state index in [9.17, 15) is 13.2 Å². The molecule has 134 valence electrons. The molecule has 0 radical (unpaired) electrons. The smallest absolute Gasteiger partial charge is 0.265 e. The van der Waals surface area contributed by atoms with Gasteiger partial charge in [0.2, 0.25) is 10.0 Å². The van der Waals surface area contributed by atoms with Crippen LogP contribution >= 0.6 is 11.3 Å². The number of nitrogens with one attached hydrogen (secondary N) is 2. The predicted molar refractivity (Wildman–Crippen MR) is 107 cm³/mol. The first kappa shape index (κ1) is 18.2. The third-order valence-corrected chi connectivity index (χ3v) is 5.94. The number of rotatable bonds is 6. The molecule has 3 rings (SSSR count). The van der Waals surface area contributed by atoms with Crippen molar-refractivity contribution in [2.75, 3.05) is 15.8 Å². The first-order valence-electron chi connectivity index (χ1n) is 8.03. The molecule has 0 unspecified atom stereocenters. The molecule has 0 aliphatic rings. The zero-order valence-corrected chi connectivity index (χ0v) is 15.7. The van der Waals surface area contributed by atoms with Crippen molar-refractivity contribution in [3.8, 4) is 11.1 Å². The van der Waals surface area contributed by atoms with Crippen LogP contribution in [0.25, 0.3) is 11.1 Å². The molecule has 5 nitrogen and oxygen atoms in total. The van der Waals surface area contributed by atoms with Gasteiger partial charge in [-0.1, -0.05) is 36.4 Å². The molecule has 2 N–H and O–H groups in total. The molecule has 2 aromatic carbocycles. The number of anilines is 2. The second-order valence-corrected chi connectivity index (χ2v) is 8.53. The van der Waals surface area contributed by atoms with E-state index in [1.807, 2.05) is 41.8 Å². The van der Waals surface area contributed by atoms with Crippen LogP contribution in [0, 0.1) is 0 Å². The first-order valence-corrected chi connectivity index (χ1v) is 10.6. The van der Waals surface area contributed by atoms with Gasteiger partial charge in [0.05, 0.1) is 16.3 Å². The fourth-order valence-electron chi connectivity index (χ4n) is 2.34. The van der Waals surface area contributed by atoms with Gasteiger partial charge in [-0.05, 0) is 47.7 Å². The molecule has 0 aliphatic heterocycles. The molecule has 0 spiro atoms. The average Bonchev–Trinajstić information content (AvgIpc) is 3.13. The predicted octanol–water partition coefficient (Wildman–Crippen LogP) is 4.43. The highest BCUT2D eigenvalue weighted by Crippen LogP contribution is 2.26. The monoisotopic (exact) mass is 386 g/mol. The van der Waals surface area contributed by atoms with Gasteiger partial charge in [-0.15, -0.1) is 11.3 Å². The van der Waals surface area contributed by atoms with Crippen molar-refractivity contribution in [3.63, 3.8) is 0 Å². The third-order valence-electron chi connectivity index (χ3n) is 3.70. The molecule has 1 aromatic heterocycles. The van der Waals surface area contributed by atoms with Crippen LogP contribution in [0.15, 0.2) is 66.0 Å². The first-order chi connectivity index (χ1) is 12.5. The Morgan fingerprint density at radius 3 is 2.42 bits per heavy atom. The maximum Gasteiger partial charge on any atom is 0.265 e. The number of sulfonamides is 1. The normalized spacial score (nSPS) is 11.1. The van der Waals surface area contributed by atoms with Crippen molar-refractivity contribution in [3.05, 3.63) is 70.9 Å². The Kier molecular flexibility index (Phi) is 5.39. The highest BCUT2D eigenvalue weighted by atomic mass is 32.2. The summed E-state index contributed by atoms with van der Waals surface area (Å²) < 4.78 is 25.8. The minimum absolute atomic E-state index is 0.0129. The van der Waals surface area contributed by atoms with Crippen LogP contribution in [0.1, 0.15) is 16.6 Å². The summed E-state index contributed by atoms with van der Waals surface area (Å²) in [6, 6.07) is 18.3. The molecular weight excluding hydrogens is 368 g/mol. The van der Waals surface area contributed by atoms with Gasteiger partial charge in [-0.2, -0.15) is 0 Å². The molecule has 3 aromatic rings. The van der Waals surface area contributed by atoms with Crippen molar-refractivity contribution in [2.24, 2.45) is 0 Å². The van der Waals surface area contributed by atoms with Crippen LogP contribution in [-0.4, -0.2) is 20.1 Å². The summed E-state index contributed by atoms with van der Waals surface area (Å²) in [5.41, 5.74) is 2.99. The van der Waals surface area contributed by atoms with E-state index in [1.54, 1.807) is 31.2 Å². The topological polar surface area (TPSA) is 75.3 Å². The summed E-state index contributed by atoms with van der Waals surface area (Å²) in [5.74, 6) is -0.242. The fraction of sp³-hybridized carbons (Fsp3) is 0.105. The summed E-state index contributed by atoms with van der Waals surface area (Å²) >= 11 is 1.37. The fourth-order valence-corrected chi connectivity index (χ4v) is 3.78. The minimum atomic E-state index is -3.36. The number of amides is 1. The number of carbonyl (C=O) groups excluding carboxylic acids is 1. The second-order valence-electron chi connectivity index (χ2n) is 5.61. The maximum absolute atomic E-state index is 12.5. The van der Waals surface area contributed by atoms with Gasteiger partial charge in [-0.25, -0.2) is 8.42 Å². The van der Waals surface area contributed by atoms with Crippen molar-refractivity contribution in [2.45, 2.75) is 6.92 Å². The number of thiophene rings is 1. The van der Waals surface area contributed by atoms with Gasteiger partial charge in [0, 0.05) is 5.69 Å². The molecule has 1 amide bonds. The molecule has 0 saturated carbocycles. The number of hydrogen-bond acceptors (Lipinski definition) is 4. The molecule has 7 heteroatoms. The molecule has 26 heavy (non-hydrogen) atoms. The lowest BCUT2D eigenvalue weighted by atomic mass is 10.1. The minimum Gasteiger partial charge on any atom is -0.321 e. The molecule has 0 fully saturated rings. The van der Waals surface area contributed by atoms with Gasteiger partial charge in [0.25, 0.3) is 5.91 Å². The van der Waals surface area contributed by atoms with E-state index in [4.69, 9.17) is 0 Å². The number of benzene rings is 2. The average molecular weight is 386 g/mol. The lowest BCUT2D eigenvalue weighted by Crippen LogP contribution is -2.15. The zero-order valence-electron chi connectivity index (χ0n) is 14.1. The summed E-state index contributed by atoms with van der Waals surface area (Å²) in [6.45, 7) is 1.56. The Morgan fingerprint density at radius 2 is 1.69 bits per heavy atom. The second kappa shape index (κ2) is 7.72. The van der Waals surface area contributed by atoms with Crippen LogP contribution in [0.5, 0.6) is 0 Å². The third kappa shape index (κ3) is 4.50. The van der Waals surface area contributed by atoms with Crippen LogP contribution in [-0.2, 0) is 10.0 Å². The van der Waals surface area contributed by atoms with E-state index in [2.05, 4.69) is 10.0 Å². The highest BCUT2D eigenvalue weighted by molar-refractivity contribution is 7.92. The van der Waals surface area contributed by atoms with Crippen LogP contribution in [0.2, 0.25) is 0 Å². The van der Waals surface area contributed by atoms with Gasteiger partial charge in [-0.3, -0.25) is 9.52 Å². The van der Waals surface area contributed by atoms with Crippen LogP contribution in [0.4, 0.5) is 11.4 Å². The summed E-state index contributed by atoms with van der Waals surface area (Å²) in [5, 5.41) is 4.74. The molecule has 0 aliphatic carbocycles. The Labute approximate surface area is 156 Å². The van der Waals surface area contributed by atoms with Crippen molar-refractivity contribution in [1.82, 2.24) is 0 Å². The summed E-state index contributed by atoms with van der Waals surface area (Å²) in [4.78, 5) is 13.1. The standard InChI is InChI=1S/C19H18N2O3S2/c1-2-26(23,24)21-17-10-6-9-16(12-17)20-19(22)18-11-15(13-25-18)14-7-4-3-5-8-14/h3-13,21H,2H2,1H3,(H,20,22). The Morgan fingerprint density at radius 1 is 0.962 bits per heavy atom.